The van der Waals surface area contributed by atoms with E-state index in [0.29, 0.717) is 23.6 Å². The summed E-state index contributed by atoms with van der Waals surface area (Å²) in [5.74, 6) is 0.507. The molecule has 33 heavy (non-hydrogen) atoms. The van der Waals surface area contributed by atoms with E-state index >= 15 is 0 Å². The van der Waals surface area contributed by atoms with Crippen molar-refractivity contribution in [3.63, 3.8) is 0 Å². The first-order valence-electron chi connectivity index (χ1n) is 10.9. The van der Waals surface area contributed by atoms with E-state index in [1.807, 2.05) is 50.3 Å². The van der Waals surface area contributed by atoms with Gasteiger partial charge in [-0.25, -0.2) is 0 Å². The van der Waals surface area contributed by atoms with Crippen LogP contribution >= 0.6 is 22.6 Å². The Hall–Kier alpha value is -2.35. The Bertz CT molecular complexity index is 1210. The van der Waals surface area contributed by atoms with Gasteiger partial charge in [-0.15, -0.1) is 0 Å². The lowest BCUT2D eigenvalue weighted by molar-refractivity contribution is -0.137. The summed E-state index contributed by atoms with van der Waals surface area (Å²) in [5.41, 5.74) is 4.47. The number of aromatic amines is 1. The number of nitrogens with one attached hydrogen (secondary N) is 1. The summed E-state index contributed by atoms with van der Waals surface area (Å²) in [6.45, 7) is 8.78. The van der Waals surface area contributed by atoms with Crippen LogP contribution in [0.25, 0.3) is 22.6 Å². The second-order valence-corrected chi connectivity index (χ2v) is 9.65. The Morgan fingerprint density at radius 2 is 1.88 bits per heavy atom. The first-order valence-corrected chi connectivity index (χ1v) is 12.0. The maximum atomic E-state index is 13.4. The molecule has 6 heteroatoms. The number of H-pyrrole nitrogens is 1. The van der Waals surface area contributed by atoms with Gasteiger partial charge in [-0.05, 0) is 78.6 Å². The van der Waals surface area contributed by atoms with Crippen molar-refractivity contribution in [1.29, 1.82) is 0 Å². The number of hydrogen-bond acceptors (Lipinski definition) is 1. The highest BCUT2D eigenvalue weighted by Crippen LogP contribution is 2.33. The molecule has 3 aromatic rings. The van der Waals surface area contributed by atoms with Crippen LogP contribution in [0.3, 0.4) is 0 Å². The van der Waals surface area contributed by atoms with E-state index in [1.54, 1.807) is 0 Å². The van der Waals surface area contributed by atoms with Gasteiger partial charge in [0.2, 0.25) is 0 Å². The van der Waals surface area contributed by atoms with E-state index in [1.165, 1.54) is 12.1 Å². The zero-order valence-corrected chi connectivity index (χ0v) is 21.4. The third-order valence-electron chi connectivity index (χ3n) is 5.50. The predicted octanol–water partition coefficient (Wildman–Crippen LogP) is 8.70. The number of fused-ring (bicyclic) bond motifs is 1. The van der Waals surface area contributed by atoms with Gasteiger partial charge in [0.15, 0.2) is 0 Å². The van der Waals surface area contributed by atoms with Crippen LogP contribution in [-0.4, -0.2) is 17.2 Å². The topological polar surface area (TPSA) is 28.1 Å². The van der Waals surface area contributed by atoms with Gasteiger partial charge < -0.3 is 4.98 Å². The van der Waals surface area contributed by atoms with Crippen LogP contribution in [0.2, 0.25) is 0 Å². The number of nitrogens with zero attached hydrogens (tertiary/aromatic N) is 1. The summed E-state index contributed by atoms with van der Waals surface area (Å²) in [4.78, 5) is 8.05. The minimum absolute atomic E-state index is 0.507. The van der Waals surface area contributed by atoms with E-state index in [-0.39, 0.29) is 0 Å². The van der Waals surface area contributed by atoms with E-state index in [2.05, 4.69) is 52.5 Å². The normalized spacial score (nSPS) is 13.6. The lowest BCUT2D eigenvalue weighted by atomic mass is 9.98. The molecule has 0 fully saturated rings. The minimum Gasteiger partial charge on any atom is -0.358 e. The monoisotopic (exact) mass is 564 g/mol. The SMILES string of the molecule is CC(=NCCC(C)C)/C(=C\C=C\c1c(C)[nH]c2ccccc12)c1cc(C(F)(F)F)ccc1I. The van der Waals surface area contributed by atoms with Gasteiger partial charge in [0.05, 0.1) is 5.56 Å². The molecule has 174 valence electrons. The predicted molar refractivity (Wildman–Crippen MR) is 142 cm³/mol. The Morgan fingerprint density at radius 3 is 2.58 bits per heavy atom. The number of halogens is 4. The Kier molecular flexibility index (Phi) is 8.21. The molecule has 0 unspecified atom stereocenters. The van der Waals surface area contributed by atoms with Gasteiger partial charge in [-0.3, -0.25) is 4.99 Å². The highest BCUT2D eigenvalue weighted by molar-refractivity contribution is 14.1. The van der Waals surface area contributed by atoms with Crippen LogP contribution in [0.5, 0.6) is 0 Å². The number of para-hydroxylation sites is 1. The molecule has 0 saturated heterocycles. The fraction of sp³-hybridized carbons (Fsp3) is 0.296. The molecular formula is C27H28F3IN2. The van der Waals surface area contributed by atoms with Crippen LogP contribution in [-0.2, 0) is 6.18 Å². The van der Waals surface area contributed by atoms with Crippen molar-refractivity contribution in [3.05, 3.63) is 80.6 Å². The van der Waals surface area contributed by atoms with E-state index in [9.17, 15) is 13.2 Å². The first-order chi connectivity index (χ1) is 15.6. The van der Waals surface area contributed by atoms with Crippen molar-refractivity contribution in [1.82, 2.24) is 4.98 Å². The molecule has 0 saturated carbocycles. The average molecular weight is 564 g/mol. The van der Waals surface area contributed by atoms with E-state index < -0.39 is 11.7 Å². The molecule has 0 amide bonds. The molecule has 0 atom stereocenters. The molecule has 0 aliphatic carbocycles. The molecule has 0 bridgehead atoms. The second-order valence-electron chi connectivity index (χ2n) is 8.49. The van der Waals surface area contributed by atoms with Gasteiger partial charge in [-0.1, -0.05) is 50.3 Å². The maximum absolute atomic E-state index is 13.4. The summed E-state index contributed by atoms with van der Waals surface area (Å²) in [6.07, 6.45) is 2.29. The molecule has 2 aromatic carbocycles. The van der Waals surface area contributed by atoms with Gasteiger partial charge in [0.1, 0.15) is 0 Å². The molecule has 0 spiro atoms. The minimum atomic E-state index is -4.40. The smallest absolute Gasteiger partial charge is 0.358 e. The summed E-state index contributed by atoms with van der Waals surface area (Å²) < 4.78 is 41.0. The molecule has 0 radical (unpaired) electrons. The van der Waals surface area contributed by atoms with Gasteiger partial charge in [0, 0.05) is 43.6 Å². The lowest BCUT2D eigenvalue weighted by Crippen LogP contribution is -2.08. The van der Waals surface area contributed by atoms with Gasteiger partial charge >= 0.3 is 6.18 Å². The molecule has 1 N–H and O–H groups in total. The average Bonchev–Trinajstić information content (AvgIpc) is 3.06. The Balaban J connectivity index is 2.06. The summed E-state index contributed by atoms with van der Waals surface area (Å²) in [7, 11) is 0. The number of alkyl halides is 3. The van der Waals surface area contributed by atoms with Crippen LogP contribution in [0.1, 0.15) is 49.6 Å². The summed E-state index contributed by atoms with van der Waals surface area (Å²) in [5, 5.41) is 1.11. The van der Waals surface area contributed by atoms with Crippen molar-refractivity contribution in [3.8, 4) is 0 Å². The number of rotatable bonds is 7. The zero-order valence-electron chi connectivity index (χ0n) is 19.2. The molecular weight excluding hydrogens is 536 g/mol. The van der Waals surface area contributed by atoms with Crippen molar-refractivity contribution in [2.24, 2.45) is 10.9 Å². The van der Waals surface area contributed by atoms with Gasteiger partial charge in [0.25, 0.3) is 0 Å². The largest absolute Gasteiger partial charge is 0.416 e. The lowest BCUT2D eigenvalue weighted by Gasteiger charge is -2.14. The zero-order chi connectivity index (χ0) is 24.2. The quantitative estimate of drug-likeness (QED) is 0.169. The van der Waals surface area contributed by atoms with Crippen LogP contribution in [0, 0.1) is 16.4 Å². The first kappa shape index (κ1) is 25.3. The van der Waals surface area contributed by atoms with Crippen LogP contribution < -0.4 is 0 Å². The fourth-order valence-electron chi connectivity index (χ4n) is 3.64. The third-order valence-corrected chi connectivity index (χ3v) is 6.44. The van der Waals surface area contributed by atoms with Crippen LogP contribution in [0.4, 0.5) is 13.2 Å². The molecule has 0 aliphatic heterocycles. The van der Waals surface area contributed by atoms with Crippen molar-refractivity contribution < 1.29 is 13.2 Å². The van der Waals surface area contributed by atoms with E-state index in [4.69, 9.17) is 0 Å². The summed E-state index contributed by atoms with van der Waals surface area (Å²) in [6, 6.07) is 11.9. The highest BCUT2D eigenvalue weighted by Gasteiger charge is 2.31. The fourth-order valence-corrected chi connectivity index (χ4v) is 4.27. The number of aromatic nitrogens is 1. The Morgan fingerprint density at radius 1 is 1.15 bits per heavy atom. The molecule has 0 aliphatic rings. The number of aryl methyl sites for hydroxylation is 1. The number of allylic oxidation sites excluding steroid dienone is 3. The van der Waals surface area contributed by atoms with Gasteiger partial charge in [-0.2, -0.15) is 13.2 Å². The van der Waals surface area contributed by atoms with Crippen molar-refractivity contribution in [2.45, 2.75) is 40.3 Å². The number of aliphatic imine (C=N–C) groups is 1. The van der Waals surface area contributed by atoms with Crippen molar-refractivity contribution >= 4 is 50.9 Å². The van der Waals surface area contributed by atoms with Crippen LogP contribution in [0.15, 0.2) is 59.6 Å². The molecule has 2 nitrogen and oxygen atoms in total. The molecule has 1 heterocycles. The number of benzene rings is 2. The third kappa shape index (κ3) is 6.37. The number of hydrogen-bond donors (Lipinski definition) is 1. The van der Waals surface area contributed by atoms with Crippen molar-refractivity contribution in [2.75, 3.05) is 6.54 Å². The highest BCUT2D eigenvalue weighted by atomic mass is 127. The standard InChI is InChI=1S/C27H28F3IN2/c1-17(2)14-15-32-18(3)21(24-16-20(27(28,29)30)12-13-25(24)31)9-7-10-22-19(4)33-26-11-6-5-8-23(22)26/h5-13,16-17,33H,14-15H2,1-4H3/b10-7+,21-9+,32-18?. The second kappa shape index (κ2) is 10.7. The Labute approximate surface area is 206 Å². The maximum Gasteiger partial charge on any atom is 0.416 e. The molecule has 3 rings (SSSR count). The summed E-state index contributed by atoms with van der Waals surface area (Å²) >= 11 is 2.09. The van der Waals surface area contributed by atoms with E-state index in [0.717, 1.165) is 43.9 Å². The molecule has 1 aromatic heterocycles.